The Labute approximate surface area is 154 Å². The zero-order chi connectivity index (χ0) is 18.6. The minimum absolute atomic E-state index is 0.183. The van der Waals surface area contributed by atoms with Gasteiger partial charge in [0.05, 0.1) is 17.6 Å². The van der Waals surface area contributed by atoms with Gasteiger partial charge in [-0.1, -0.05) is 24.3 Å². The SMILES string of the molecule is O=c1c2cccnc2nc(/C=C/c2ccc(F)cc2)n1Cc1ccccn1. The molecule has 3 heterocycles. The Hall–Kier alpha value is -3.67. The van der Waals surface area contributed by atoms with Crippen LogP contribution in [0.4, 0.5) is 4.39 Å². The number of halogens is 1. The van der Waals surface area contributed by atoms with Gasteiger partial charge >= 0.3 is 0 Å². The first-order chi connectivity index (χ1) is 13.2. The molecule has 27 heavy (non-hydrogen) atoms. The summed E-state index contributed by atoms with van der Waals surface area (Å²) in [6.45, 7) is 0.292. The van der Waals surface area contributed by atoms with Crippen molar-refractivity contribution in [3.63, 3.8) is 0 Å². The van der Waals surface area contributed by atoms with E-state index in [4.69, 9.17) is 0 Å². The average molecular weight is 358 g/mol. The number of nitrogens with zero attached hydrogens (tertiary/aromatic N) is 4. The molecule has 5 nitrogen and oxygen atoms in total. The van der Waals surface area contributed by atoms with Crippen molar-refractivity contribution in [2.75, 3.05) is 0 Å². The van der Waals surface area contributed by atoms with Gasteiger partial charge < -0.3 is 0 Å². The number of benzene rings is 1. The van der Waals surface area contributed by atoms with Gasteiger partial charge in [0.1, 0.15) is 11.6 Å². The molecule has 0 aliphatic heterocycles. The summed E-state index contributed by atoms with van der Waals surface area (Å²) in [6.07, 6.45) is 6.80. The van der Waals surface area contributed by atoms with Gasteiger partial charge in [0, 0.05) is 12.4 Å². The Kier molecular flexibility index (Phi) is 4.53. The highest BCUT2D eigenvalue weighted by atomic mass is 19.1. The fourth-order valence-corrected chi connectivity index (χ4v) is 2.75. The van der Waals surface area contributed by atoms with Gasteiger partial charge in [-0.3, -0.25) is 14.3 Å². The lowest BCUT2D eigenvalue weighted by atomic mass is 10.2. The molecule has 0 saturated carbocycles. The van der Waals surface area contributed by atoms with Crippen LogP contribution in [0.15, 0.2) is 71.8 Å². The van der Waals surface area contributed by atoms with E-state index >= 15 is 0 Å². The van der Waals surface area contributed by atoms with E-state index in [2.05, 4.69) is 15.0 Å². The summed E-state index contributed by atoms with van der Waals surface area (Å²) >= 11 is 0. The van der Waals surface area contributed by atoms with Crippen LogP contribution < -0.4 is 5.56 Å². The lowest BCUT2D eigenvalue weighted by molar-refractivity contribution is 0.628. The predicted molar refractivity (Wildman–Crippen MR) is 102 cm³/mol. The lowest BCUT2D eigenvalue weighted by Gasteiger charge is -2.10. The van der Waals surface area contributed by atoms with E-state index in [1.54, 1.807) is 53.4 Å². The van der Waals surface area contributed by atoms with Crippen molar-refractivity contribution in [2.24, 2.45) is 0 Å². The third-order valence-corrected chi connectivity index (χ3v) is 4.10. The first kappa shape index (κ1) is 16.8. The van der Waals surface area contributed by atoms with E-state index in [1.807, 2.05) is 18.2 Å². The second-order valence-electron chi connectivity index (χ2n) is 5.94. The standard InChI is InChI=1S/C21H15FN4O/c22-16-9-6-15(7-10-16)8-11-19-25-20-18(5-3-13-24-20)21(27)26(19)14-17-4-1-2-12-23-17/h1-13H,14H2/b11-8+. The summed E-state index contributed by atoms with van der Waals surface area (Å²) in [5.41, 5.74) is 1.76. The predicted octanol–water partition coefficient (Wildman–Crippen LogP) is 3.54. The molecule has 1 aromatic carbocycles. The molecule has 6 heteroatoms. The van der Waals surface area contributed by atoms with Gasteiger partial charge in [0.2, 0.25) is 0 Å². The normalized spacial score (nSPS) is 11.3. The molecule has 4 rings (SSSR count). The molecule has 0 atom stereocenters. The average Bonchev–Trinajstić information content (AvgIpc) is 2.71. The third-order valence-electron chi connectivity index (χ3n) is 4.10. The smallest absolute Gasteiger partial charge is 0.263 e. The van der Waals surface area contributed by atoms with Crippen LogP contribution in [-0.2, 0) is 6.54 Å². The fraction of sp³-hybridized carbons (Fsp3) is 0.0476. The van der Waals surface area contributed by atoms with Crippen LogP contribution in [0.3, 0.4) is 0 Å². The first-order valence-electron chi connectivity index (χ1n) is 8.40. The zero-order valence-corrected chi connectivity index (χ0v) is 14.3. The van der Waals surface area contributed by atoms with Crippen LogP contribution in [0.1, 0.15) is 17.1 Å². The van der Waals surface area contributed by atoms with Crippen molar-refractivity contribution < 1.29 is 4.39 Å². The Morgan fingerprint density at radius 3 is 2.52 bits per heavy atom. The number of hydrogen-bond donors (Lipinski definition) is 0. The van der Waals surface area contributed by atoms with Crippen LogP contribution in [0.5, 0.6) is 0 Å². The third kappa shape index (κ3) is 3.64. The second kappa shape index (κ2) is 7.29. The molecule has 0 N–H and O–H groups in total. The number of hydrogen-bond acceptors (Lipinski definition) is 4. The molecule has 0 saturated heterocycles. The quantitative estimate of drug-likeness (QED) is 0.560. The lowest BCUT2D eigenvalue weighted by Crippen LogP contribution is -2.25. The van der Waals surface area contributed by atoms with Gasteiger partial charge in [-0.2, -0.15) is 0 Å². The number of fused-ring (bicyclic) bond motifs is 1. The van der Waals surface area contributed by atoms with Crippen LogP contribution in [-0.4, -0.2) is 19.5 Å². The first-order valence-corrected chi connectivity index (χ1v) is 8.40. The van der Waals surface area contributed by atoms with Crippen molar-refractivity contribution in [3.8, 4) is 0 Å². The summed E-state index contributed by atoms with van der Waals surface area (Å²) in [4.78, 5) is 26.0. The summed E-state index contributed by atoms with van der Waals surface area (Å²) in [7, 11) is 0. The van der Waals surface area contributed by atoms with Crippen molar-refractivity contribution in [2.45, 2.75) is 6.54 Å². The molecule has 0 amide bonds. The van der Waals surface area contributed by atoms with Gasteiger partial charge in [0.25, 0.3) is 5.56 Å². The zero-order valence-electron chi connectivity index (χ0n) is 14.3. The van der Waals surface area contributed by atoms with Gasteiger partial charge in [-0.15, -0.1) is 0 Å². The number of pyridine rings is 2. The van der Waals surface area contributed by atoms with E-state index < -0.39 is 0 Å². The van der Waals surface area contributed by atoms with Crippen LogP contribution in [0.25, 0.3) is 23.2 Å². The van der Waals surface area contributed by atoms with Crippen LogP contribution >= 0.6 is 0 Å². The monoisotopic (exact) mass is 358 g/mol. The van der Waals surface area contributed by atoms with Crippen molar-refractivity contribution in [3.05, 3.63) is 100 Å². The molecule has 0 spiro atoms. The Bertz CT molecular complexity index is 1170. The highest BCUT2D eigenvalue weighted by molar-refractivity contribution is 5.75. The molecular weight excluding hydrogens is 343 g/mol. The van der Waals surface area contributed by atoms with E-state index in [0.717, 1.165) is 11.3 Å². The van der Waals surface area contributed by atoms with Gasteiger partial charge in [0.15, 0.2) is 5.65 Å². The van der Waals surface area contributed by atoms with E-state index in [1.165, 1.54) is 12.1 Å². The van der Waals surface area contributed by atoms with Gasteiger partial charge in [-0.25, -0.2) is 14.4 Å². The molecular formula is C21H15FN4O. The molecule has 0 bridgehead atoms. The maximum Gasteiger partial charge on any atom is 0.263 e. The van der Waals surface area contributed by atoms with Gasteiger partial charge in [-0.05, 0) is 48.0 Å². The Morgan fingerprint density at radius 1 is 0.926 bits per heavy atom. The minimum atomic E-state index is -0.299. The summed E-state index contributed by atoms with van der Waals surface area (Å²) in [6, 6.07) is 15.1. The second-order valence-corrected chi connectivity index (χ2v) is 5.94. The molecule has 4 aromatic rings. The topological polar surface area (TPSA) is 60.7 Å². The van der Waals surface area contributed by atoms with E-state index in [-0.39, 0.29) is 11.4 Å². The molecule has 0 fully saturated rings. The number of aromatic nitrogens is 4. The highest BCUT2D eigenvalue weighted by Gasteiger charge is 2.10. The van der Waals surface area contributed by atoms with Crippen LogP contribution in [0, 0.1) is 5.82 Å². The fourth-order valence-electron chi connectivity index (χ4n) is 2.75. The highest BCUT2D eigenvalue weighted by Crippen LogP contribution is 2.11. The molecule has 3 aromatic heterocycles. The molecule has 0 unspecified atom stereocenters. The largest absolute Gasteiger partial charge is 0.286 e. The molecule has 0 aliphatic carbocycles. The van der Waals surface area contributed by atoms with Crippen molar-refractivity contribution in [1.82, 2.24) is 19.5 Å². The molecule has 0 radical (unpaired) electrons. The number of rotatable bonds is 4. The summed E-state index contributed by atoms with van der Waals surface area (Å²) in [5.74, 6) is 0.161. The van der Waals surface area contributed by atoms with E-state index in [0.29, 0.717) is 23.4 Å². The van der Waals surface area contributed by atoms with E-state index in [9.17, 15) is 9.18 Å². The molecule has 132 valence electrons. The Morgan fingerprint density at radius 2 is 1.74 bits per heavy atom. The van der Waals surface area contributed by atoms with Crippen molar-refractivity contribution >= 4 is 23.2 Å². The maximum absolute atomic E-state index is 13.1. The molecule has 0 aliphatic rings. The van der Waals surface area contributed by atoms with Crippen molar-refractivity contribution in [1.29, 1.82) is 0 Å². The minimum Gasteiger partial charge on any atom is -0.286 e. The maximum atomic E-state index is 13.1. The van der Waals surface area contributed by atoms with Crippen LogP contribution in [0.2, 0.25) is 0 Å². The summed E-state index contributed by atoms with van der Waals surface area (Å²) in [5, 5.41) is 0.451. The Balaban J connectivity index is 1.83. The summed E-state index contributed by atoms with van der Waals surface area (Å²) < 4.78 is 14.6.